The van der Waals surface area contributed by atoms with E-state index in [9.17, 15) is 4.79 Å². The molecule has 0 amide bonds. The van der Waals surface area contributed by atoms with E-state index in [0.29, 0.717) is 18.9 Å². The van der Waals surface area contributed by atoms with Crippen LogP contribution in [0.25, 0.3) is 22.2 Å². The lowest BCUT2D eigenvalue weighted by atomic mass is 10.1. The molecule has 0 saturated carbocycles. The van der Waals surface area contributed by atoms with Gasteiger partial charge in [0.25, 0.3) is 0 Å². The maximum atomic E-state index is 11.6. The second-order valence-corrected chi connectivity index (χ2v) is 4.80. The molecule has 0 atom stereocenters. The Labute approximate surface area is 126 Å². The highest BCUT2D eigenvalue weighted by Crippen LogP contribution is 2.26. The zero-order valence-corrected chi connectivity index (χ0v) is 12.2. The van der Waals surface area contributed by atoms with Crippen molar-refractivity contribution >= 4 is 16.9 Å². The number of hydrogen-bond acceptors (Lipinski definition) is 5. The Hall–Kier alpha value is -2.60. The van der Waals surface area contributed by atoms with E-state index >= 15 is 0 Å². The highest BCUT2D eigenvalue weighted by molar-refractivity contribution is 5.89. The van der Waals surface area contributed by atoms with Gasteiger partial charge < -0.3 is 18.9 Å². The van der Waals surface area contributed by atoms with Crippen LogP contribution in [0.3, 0.4) is 0 Å². The van der Waals surface area contributed by atoms with Crippen molar-refractivity contribution in [2.24, 2.45) is 0 Å². The van der Waals surface area contributed by atoms with Crippen molar-refractivity contribution in [1.29, 1.82) is 0 Å². The molecule has 6 heteroatoms. The summed E-state index contributed by atoms with van der Waals surface area (Å²) in [6.07, 6.45) is 1.93. The van der Waals surface area contributed by atoms with E-state index < -0.39 is 5.97 Å². The summed E-state index contributed by atoms with van der Waals surface area (Å²) in [7, 11) is 0. The standard InChI is InChI=1S/C16H16N2O4/c1-2-21-16(20)13-10-15(22-17-13)12-4-3-11-5-6-18(7-8-19)14(11)9-12/h3-6,9-10,19H,2,7-8H2,1H3. The number of aromatic nitrogens is 2. The van der Waals surface area contributed by atoms with Crippen LogP contribution < -0.4 is 0 Å². The van der Waals surface area contributed by atoms with Crippen LogP contribution in [-0.4, -0.2) is 34.0 Å². The molecule has 0 saturated heterocycles. The van der Waals surface area contributed by atoms with Crippen LogP contribution >= 0.6 is 0 Å². The zero-order valence-electron chi connectivity index (χ0n) is 12.2. The number of rotatable bonds is 5. The number of fused-ring (bicyclic) bond motifs is 1. The van der Waals surface area contributed by atoms with Crippen molar-refractivity contribution in [3.05, 3.63) is 42.2 Å². The Morgan fingerprint density at radius 3 is 3.00 bits per heavy atom. The minimum Gasteiger partial charge on any atom is -0.461 e. The lowest BCUT2D eigenvalue weighted by molar-refractivity contribution is 0.0514. The highest BCUT2D eigenvalue weighted by Gasteiger charge is 2.15. The topological polar surface area (TPSA) is 77.5 Å². The molecule has 2 heterocycles. The Balaban J connectivity index is 1.96. The molecule has 2 aromatic heterocycles. The molecule has 114 valence electrons. The van der Waals surface area contributed by atoms with Crippen molar-refractivity contribution in [3.63, 3.8) is 0 Å². The van der Waals surface area contributed by atoms with E-state index in [1.54, 1.807) is 13.0 Å². The van der Waals surface area contributed by atoms with Crippen LogP contribution in [-0.2, 0) is 11.3 Å². The minimum absolute atomic E-state index is 0.0727. The van der Waals surface area contributed by atoms with Gasteiger partial charge in [-0.2, -0.15) is 0 Å². The molecule has 0 fully saturated rings. The highest BCUT2D eigenvalue weighted by atomic mass is 16.5. The van der Waals surface area contributed by atoms with Gasteiger partial charge in [-0.05, 0) is 24.4 Å². The van der Waals surface area contributed by atoms with Crippen molar-refractivity contribution in [1.82, 2.24) is 9.72 Å². The van der Waals surface area contributed by atoms with Crippen molar-refractivity contribution in [2.45, 2.75) is 13.5 Å². The number of ether oxygens (including phenoxy) is 1. The molecule has 0 unspecified atom stereocenters. The summed E-state index contributed by atoms with van der Waals surface area (Å²) < 4.78 is 12.1. The monoisotopic (exact) mass is 300 g/mol. The molecule has 0 aliphatic heterocycles. The maximum Gasteiger partial charge on any atom is 0.360 e. The SMILES string of the molecule is CCOC(=O)c1cc(-c2ccc3ccn(CCO)c3c2)on1. The van der Waals surface area contributed by atoms with Gasteiger partial charge in [0.1, 0.15) is 0 Å². The third-order valence-corrected chi connectivity index (χ3v) is 3.39. The van der Waals surface area contributed by atoms with Gasteiger partial charge in [-0.15, -0.1) is 0 Å². The fourth-order valence-electron chi connectivity index (χ4n) is 2.35. The van der Waals surface area contributed by atoms with Crippen LogP contribution in [0.2, 0.25) is 0 Å². The predicted octanol–water partition coefficient (Wildman–Crippen LogP) is 2.47. The average Bonchev–Trinajstić information content (AvgIpc) is 3.15. The van der Waals surface area contributed by atoms with E-state index in [2.05, 4.69) is 5.16 Å². The first kappa shape index (κ1) is 14.3. The van der Waals surface area contributed by atoms with Crippen molar-refractivity contribution in [2.75, 3.05) is 13.2 Å². The van der Waals surface area contributed by atoms with Gasteiger partial charge in [0.15, 0.2) is 11.5 Å². The van der Waals surface area contributed by atoms with Crippen molar-refractivity contribution < 1.29 is 19.2 Å². The lowest BCUT2D eigenvalue weighted by Gasteiger charge is -2.03. The molecule has 3 aromatic rings. The molecule has 0 bridgehead atoms. The molecule has 0 aliphatic rings. The molecule has 0 aliphatic carbocycles. The molecule has 0 radical (unpaired) electrons. The summed E-state index contributed by atoms with van der Waals surface area (Å²) in [4.78, 5) is 11.6. The summed E-state index contributed by atoms with van der Waals surface area (Å²) in [5.74, 6) is 0.00364. The first-order valence-electron chi connectivity index (χ1n) is 7.07. The first-order valence-corrected chi connectivity index (χ1v) is 7.07. The number of esters is 1. The number of hydrogen-bond donors (Lipinski definition) is 1. The van der Waals surface area contributed by atoms with Crippen LogP contribution in [0.1, 0.15) is 17.4 Å². The molecule has 3 rings (SSSR count). The second kappa shape index (κ2) is 6.03. The van der Waals surface area contributed by atoms with E-state index in [4.69, 9.17) is 14.4 Å². The Morgan fingerprint density at radius 1 is 1.36 bits per heavy atom. The van der Waals surface area contributed by atoms with Crippen LogP contribution in [0.4, 0.5) is 0 Å². The number of carbonyl (C=O) groups excluding carboxylic acids is 1. The summed E-state index contributed by atoms with van der Waals surface area (Å²) in [6, 6.07) is 9.37. The van der Waals surface area contributed by atoms with Crippen LogP contribution in [0, 0.1) is 0 Å². The predicted molar refractivity (Wildman–Crippen MR) is 80.5 cm³/mol. The van der Waals surface area contributed by atoms with Gasteiger partial charge in [0, 0.05) is 29.9 Å². The number of benzene rings is 1. The minimum atomic E-state index is -0.498. The molecule has 6 nitrogen and oxygen atoms in total. The van der Waals surface area contributed by atoms with Gasteiger partial charge in [-0.1, -0.05) is 17.3 Å². The molecule has 1 N–H and O–H groups in total. The molecule has 22 heavy (non-hydrogen) atoms. The number of aliphatic hydroxyl groups is 1. The Kier molecular flexibility index (Phi) is 3.93. The zero-order chi connectivity index (χ0) is 15.5. The van der Waals surface area contributed by atoms with Crippen LogP contribution in [0.15, 0.2) is 41.1 Å². The summed E-state index contributed by atoms with van der Waals surface area (Å²) in [6.45, 7) is 2.63. The summed E-state index contributed by atoms with van der Waals surface area (Å²) in [5.41, 5.74) is 1.96. The fraction of sp³-hybridized carbons (Fsp3) is 0.250. The third-order valence-electron chi connectivity index (χ3n) is 3.39. The number of nitrogens with zero attached hydrogens (tertiary/aromatic N) is 2. The number of aliphatic hydroxyl groups excluding tert-OH is 1. The van der Waals surface area contributed by atoms with E-state index in [-0.39, 0.29) is 12.3 Å². The van der Waals surface area contributed by atoms with Crippen molar-refractivity contribution in [3.8, 4) is 11.3 Å². The molecule has 0 spiro atoms. The Bertz CT molecular complexity index is 803. The van der Waals surface area contributed by atoms with Crippen LogP contribution in [0.5, 0.6) is 0 Å². The summed E-state index contributed by atoms with van der Waals surface area (Å²) in [5, 5.41) is 13.9. The van der Waals surface area contributed by atoms with Gasteiger partial charge in [-0.25, -0.2) is 4.79 Å². The van der Waals surface area contributed by atoms with E-state index in [1.807, 2.05) is 35.0 Å². The maximum absolute atomic E-state index is 11.6. The second-order valence-electron chi connectivity index (χ2n) is 4.80. The van der Waals surface area contributed by atoms with Gasteiger partial charge in [0.05, 0.1) is 13.2 Å². The molecular formula is C16H16N2O4. The molecular weight excluding hydrogens is 284 g/mol. The Morgan fingerprint density at radius 2 is 2.23 bits per heavy atom. The summed E-state index contributed by atoms with van der Waals surface area (Å²) >= 11 is 0. The number of carbonyl (C=O) groups is 1. The van der Waals surface area contributed by atoms with Gasteiger partial charge in [0.2, 0.25) is 0 Å². The smallest absolute Gasteiger partial charge is 0.360 e. The van der Waals surface area contributed by atoms with Gasteiger partial charge >= 0.3 is 5.97 Å². The quantitative estimate of drug-likeness (QED) is 0.732. The first-order chi connectivity index (χ1) is 10.7. The fourth-order valence-corrected chi connectivity index (χ4v) is 2.35. The van der Waals surface area contributed by atoms with E-state index in [1.165, 1.54) is 0 Å². The van der Waals surface area contributed by atoms with E-state index in [0.717, 1.165) is 16.5 Å². The largest absolute Gasteiger partial charge is 0.461 e. The normalized spacial score (nSPS) is 11.0. The molecule has 1 aromatic carbocycles. The third kappa shape index (κ3) is 2.60. The average molecular weight is 300 g/mol. The lowest BCUT2D eigenvalue weighted by Crippen LogP contribution is -2.04. The van der Waals surface area contributed by atoms with Gasteiger partial charge in [-0.3, -0.25) is 0 Å².